The summed E-state index contributed by atoms with van der Waals surface area (Å²) in [6, 6.07) is 0. The van der Waals surface area contributed by atoms with Crippen LogP contribution in [0.3, 0.4) is 0 Å². The zero-order valence-corrected chi connectivity index (χ0v) is 22.4. The molecule has 0 radical (unpaired) electrons. The average molecular weight is 479 g/mol. The van der Waals surface area contributed by atoms with Crippen LogP contribution in [0.15, 0.2) is 9.98 Å². The summed E-state index contributed by atoms with van der Waals surface area (Å²) in [4.78, 5) is 43.8. The Labute approximate surface area is 232 Å². The number of nitrogens with zero attached hydrogens (tertiary/aromatic N) is 5. The summed E-state index contributed by atoms with van der Waals surface area (Å²) in [5.41, 5.74) is 0. The predicted molar refractivity (Wildman–Crippen MR) is 102 cm³/mol. The fourth-order valence-electron chi connectivity index (χ4n) is 2.35. The quantitative estimate of drug-likeness (QED) is 0.121. The van der Waals surface area contributed by atoms with Gasteiger partial charge in [-0.25, -0.2) is 0 Å². The van der Waals surface area contributed by atoms with Crippen molar-refractivity contribution in [3.8, 4) is 0 Å². The van der Waals surface area contributed by atoms with Gasteiger partial charge in [-0.2, -0.15) is 0 Å². The number of rotatable bonds is 16. The van der Waals surface area contributed by atoms with Crippen molar-refractivity contribution in [2.45, 2.75) is 0 Å². The summed E-state index contributed by atoms with van der Waals surface area (Å²) in [5, 5.41) is 51.8. The molecule has 0 aliphatic rings. The molecule has 0 aromatic heterocycles. The number of aliphatic imine (C=N–C) groups is 2. The Morgan fingerprint density at radius 2 is 1.00 bits per heavy atom. The van der Waals surface area contributed by atoms with Gasteiger partial charge in [-0.3, -0.25) is 24.3 Å². The van der Waals surface area contributed by atoms with Crippen LogP contribution in [-0.2, 0) is 14.4 Å². The predicted octanol–water partition coefficient (Wildman–Crippen LogP) is -8.79. The second-order valence-corrected chi connectivity index (χ2v) is 6.09. The van der Waals surface area contributed by atoms with E-state index in [1.165, 1.54) is 28.8 Å². The molecule has 0 atom stereocenters. The van der Waals surface area contributed by atoms with Gasteiger partial charge < -0.3 is 40.3 Å². The minimum atomic E-state index is -1.38. The molecular formula is C16H26CaN5NaO8. The van der Waals surface area contributed by atoms with Gasteiger partial charge in [-0.05, 0) is 11.8 Å². The molecule has 0 amide bonds. The van der Waals surface area contributed by atoms with Crippen molar-refractivity contribution < 1.29 is 69.5 Å². The number of carboxylic acids is 3. The molecule has 0 spiro atoms. The maximum absolute atomic E-state index is 11.5. The molecule has 0 bridgehead atoms. The third-order valence-corrected chi connectivity index (χ3v) is 3.75. The minimum Gasteiger partial charge on any atom is -0.861 e. The Hall–Kier alpha value is -0.510. The van der Waals surface area contributed by atoms with Gasteiger partial charge in [0.25, 0.3) is 0 Å². The molecule has 0 saturated carbocycles. The van der Waals surface area contributed by atoms with Crippen molar-refractivity contribution >= 4 is 67.4 Å². The maximum Gasteiger partial charge on any atom is 2.00 e. The fraction of sp³-hybridized carbons (Fsp3) is 0.688. The molecule has 15 heteroatoms. The Morgan fingerprint density at radius 1 is 0.677 bits per heavy atom. The minimum absolute atomic E-state index is 0. The number of carboxylic acid groups (broad SMARTS) is 3. The summed E-state index contributed by atoms with van der Waals surface area (Å²) in [5.74, 6) is -4.73. The molecule has 0 aromatic carbocycles. The van der Waals surface area contributed by atoms with Crippen LogP contribution in [0.5, 0.6) is 0 Å². The summed E-state index contributed by atoms with van der Waals surface area (Å²) in [6.45, 7) is -1.56. The van der Waals surface area contributed by atoms with Crippen LogP contribution in [0.4, 0.5) is 0 Å². The van der Waals surface area contributed by atoms with Gasteiger partial charge in [0.15, 0.2) is 0 Å². The number of hydrogen-bond donors (Lipinski definition) is 2. The Morgan fingerprint density at radius 3 is 1.26 bits per heavy atom. The van der Waals surface area contributed by atoms with Gasteiger partial charge in [-0.15, -0.1) is 0 Å². The molecular weight excluding hydrogens is 453 g/mol. The number of carbonyl (C=O) groups excluding carboxylic acids is 1. The monoisotopic (exact) mass is 479 g/mol. The molecule has 0 saturated heterocycles. The molecule has 0 rings (SSSR count). The summed E-state index contributed by atoms with van der Waals surface area (Å²) >= 11 is 0. The molecule has 31 heavy (non-hydrogen) atoms. The molecule has 13 nitrogen and oxygen atoms in total. The SMILES string of the molecule is CN=C([O-])CN(CCN(CCN(CC(=O)O)CC([O-])=NC)CC(=O)[O-])CC(=O)O.[Ca+2].[Na+]. The van der Waals surface area contributed by atoms with E-state index in [0.29, 0.717) is 0 Å². The van der Waals surface area contributed by atoms with E-state index < -0.39 is 49.3 Å². The first-order chi connectivity index (χ1) is 13.6. The van der Waals surface area contributed by atoms with Gasteiger partial charge in [0.1, 0.15) is 0 Å². The maximum atomic E-state index is 11.5. The van der Waals surface area contributed by atoms with E-state index in [4.69, 9.17) is 10.2 Å². The van der Waals surface area contributed by atoms with Crippen molar-refractivity contribution in [3.63, 3.8) is 0 Å². The Bertz CT molecular complexity index is 579. The molecule has 0 aliphatic carbocycles. The standard InChI is InChI=1S/C16H29N5O8.Ca.Na/c1-17-12(22)7-20(10-15(26)27)5-3-19(9-14(24)25)4-6-21(11-16(28)29)8-13(23)18-2;;/h3-11H2,1-2H3,(H,17,22)(H,18,23)(H,24,25)(H,26,27)(H,28,29);;/q;+2;+1/p-3. The smallest absolute Gasteiger partial charge is 0.861 e. The zero-order valence-electron chi connectivity index (χ0n) is 18.2. The Kier molecular flexibility index (Phi) is 22.8. The number of hydrogen-bond acceptors (Lipinski definition) is 11. The molecule has 0 aliphatic heterocycles. The second-order valence-electron chi connectivity index (χ2n) is 6.09. The molecule has 166 valence electrons. The summed E-state index contributed by atoms with van der Waals surface area (Å²) in [7, 11) is 2.56. The van der Waals surface area contributed by atoms with E-state index in [9.17, 15) is 29.7 Å². The van der Waals surface area contributed by atoms with Gasteiger partial charge >= 0.3 is 79.2 Å². The van der Waals surface area contributed by atoms with Crippen LogP contribution in [0.2, 0.25) is 0 Å². The van der Waals surface area contributed by atoms with Crippen molar-refractivity contribution in [1.82, 2.24) is 14.7 Å². The van der Waals surface area contributed by atoms with Crippen LogP contribution in [0.25, 0.3) is 0 Å². The molecule has 0 fully saturated rings. The largest absolute Gasteiger partial charge is 2.00 e. The van der Waals surface area contributed by atoms with Gasteiger partial charge in [0.05, 0.1) is 19.1 Å². The fourth-order valence-corrected chi connectivity index (χ4v) is 2.35. The van der Waals surface area contributed by atoms with Crippen molar-refractivity contribution in [2.24, 2.45) is 9.98 Å². The van der Waals surface area contributed by atoms with Gasteiger partial charge in [0, 0.05) is 59.9 Å². The van der Waals surface area contributed by atoms with Gasteiger partial charge in [0.2, 0.25) is 0 Å². The Balaban J connectivity index is -0.00000392. The van der Waals surface area contributed by atoms with Crippen molar-refractivity contribution in [2.75, 3.05) is 73.0 Å². The molecule has 0 heterocycles. The average Bonchev–Trinajstić information content (AvgIpc) is 2.61. The normalized spacial score (nSPS) is 11.9. The first-order valence-electron chi connectivity index (χ1n) is 8.63. The van der Waals surface area contributed by atoms with Gasteiger partial charge in [-0.1, -0.05) is 0 Å². The van der Waals surface area contributed by atoms with Crippen molar-refractivity contribution in [1.29, 1.82) is 0 Å². The van der Waals surface area contributed by atoms with Crippen molar-refractivity contribution in [3.05, 3.63) is 0 Å². The van der Waals surface area contributed by atoms with Crippen LogP contribution in [-0.4, -0.2) is 165 Å². The first kappa shape index (κ1) is 35.1. The number of aliphatic carboxylic acids is 3. The topological polar surface area (TPSA) is 195 Å². The molecule has 0 unspecified atom stereocenters. The third-order valence-electron chi connectivity index (χ3n) is 3.75. The van der Waals surface area contributed by atoms with E-state index in [2.05, 4.69) is 9.98 Å². The summed E-state index contributed by atoms with van der Waals surface area (Å²) in [6.07, 6.45) is 0. The zero-order chi connectivity index (χ0) is 22.4. The van der Waals surface area contributed by atoms with E-state index in [0.717, 1.165) is 0 Å². The van der Waals surface area contributed by atoms with E-state index in [1.54, 1.807) is 0 Å². The van der Waals surface area contributed by atoms with Crippen LogP contribution >= 0.6 is 0 Å². The first-order valence-corrected chi connectivity index (χ1v) is 8.63. The van der Waals surface area contributed by atoms with Crippen LogP contribution in [0, 0.1) is 0 Å². The summed E-state index contributed by atoms with van der Waals surface area (Å²) < 4.78 is 0. The number of carbonyl (C=O) groups is 3. The molecule has 2 N–H and O–H groups in total. The second kappa shape index (κ2) is 20.1. The van der Waals surface area contributed by atoms with Crippen LogP contribution in [0.1, 0.15) is 0 Å². The third kappa shape index (κ3) is 19.9. The van der Waals surface area contributed by atoms with Crippen LogP contribution < -0.4 is 44.9 Å². The van der Waals surface area contributed by atoms with E-state index in [1.807, 2.05) is 0 Å². The van der Waals surface area contributed by atoms with E-state index in [-0.39, 0.29) is 107 Å². The van der Waals surface area contributed by atoms with E-state index >= 15 is 0 Å². The molecule has 0 aromatic rings.